The minimum Gasteiger partial charge on any atom is -0.322 e. The summed E-state index contributed by atoms with van der Waals surface area (Å²) in [6, 6.07) is 2.16. The Hall–Kier alpha value is -0.840. The van der Waals surface area contributed by atoms with Crippen molar-refractivity contribution in [3.8, 4) is 0 Å². The molecule has 2 atom stereocenters. The lowest BCUT2D eigenvalue weighted by atomic mass is 9.81. The summed E-state index contributed by atoms with van der Waals surface area (Å²) >= 11 is 8.13. The molecule has 2 unspecified atom stereocenters. The van der Waals surface area contributed by atoms with Crippen LogP contribution in [0.1, 0.15) is 47.9 Å². The monoisotopic (exact) mass is 295 g/mol. The molecule has 5 heteroatoms. The predicted octanol–water partition coefficient (Wildman–Crippen LogP) is 3.74. The number of aromatic nitrogens is 2. The number of nitrogens with zero attached hydrogens (tertiary/aromatic N) is 2. The summed E-state index contributed by atoms with van der Waals surface area (Å²) in [7, 11) is 0. The number of rotatable bonds is 3. The number of hydrogen-bond donors (Lipinski definition) is 1. The van der Waals surface area contributed by atoms with Gasteiger partial charge in [-0.2, -0.15) is 5.10 Å². The van der Waals surface area contributed by atoms with Gasteiger partial charge in [0.2, 0.25) is 0 Å². The van der Waals surface area contributed by atoms with Crippen molar-refractivity contribution in [1.29, 1.82) is 0 Å². The minimum absolute atomic E-state index is 0.0661. The maximum absolute atomic E-state index is 6.52. The third-order valence-electron chi connectivity index (χ3n) is 3.98. The van der Waals surface area contributed by atoms with Gasteiger partial charge in [0.05, 0.1) is 23.0 Å². The van der Waals surface area contributed by atoms with E-state index < -0.39 is 0 Å². The number of nitrogens with two attached hydrogens (primary N) is 1. The molecule has 102 valence electrons. The van der Waals surface area contributed by atoms with Crippen molar-refractivity contribution >= 4 is 22.9 Å². The van der Waals surface area contributed by atoms with E-state index in [9.17, 15) is 0 Å². The Bertz CT molecular complexity index is 575. The fourth-order valence-corrected chi connectivity index (χ4v) is 4.30. The lowest BCUT2D eigenvalue weighted by Gasteiger charge is -2.28. The fourth-order valence-electron chi connectivity index (χ4n) is 3.04. The molecular formula is C14H18ClN3S. The Labute approximate surface area is 122 Å². The molecule has 0 saturated carbocycles. The molecule has 2 aromatic rings. The van der Waals surface area contributed by atoms with Crippen LogP contribution in [0, 0.1) is 0 Å². The zero-order chi connectivity index (χ0) is 13.4. The molecule has 0 spiro atoms. The van der Waals surface area contributed by atoms with Crippen molar-refractivity contribution in [2.75, 3.05) is 0 Å². The number of aryl methyl sites for hydroxylation is 2. The van der Waals surface area contributed by atoms with Crippen LogP contribution in [-0.2, 0) is 13.0 Å². The summed E-state index contributed by atoms with van der Waals surface area (Å²) in [5.74, 6) is 0.370. The van der Waals surface area contributed by atoms with Crippen LogP contribution in [0.4, 0.5) is 0 Å². The van der Waals surface area contributed by atoms with Gasteiger partial charge in [0.15, 0.2) is 0 Å². The lowest BCUT2D eigenvalue weighted by molar-refractivity contribution is 0.449. The van der Waals surface area contributed by atoms with Crippen molar-refractivity contribution in [3.05, 3.63) is 38.8 Å². The number of hydrogen-bond acceptors (Lipinski definition) is 3. The van der Waals surface area contributed by atoms with Crippen LogP contribution in [0.2, 0.25) is 5.02 Å². The van der Waals surface area contributed by atoms with E-state index in [1.807, 2.05) is 16.0 Å². The molecule has 19 heavy (non-hydrogen) atoms. The van der Waals surface area contributed by atoms with Crippen LogP contribution < -0.4 is 5.73 Å². The standard InChI is InChI=1S/C14H18ClN3S/c1-2-18-14(11(15)8-17-18)13(16)10-4-3-5-12-9(10)6-7-19-12/h6-8,10,13H,2-5,16H2,1H3. The van der Waals surface area contributed by atoms with Gasteiger partial charge in [0.1, 0.15) is 0 Å². The van der Waals surface area contributed by atoms with E-state index in [1.54, 1.807) is 6.20 Å². The van der Waals surface area contributed by atoms with Crippen LogP contribution in [-0.4, -0.2) is 9.78 Å². The van der Waals surface area contributed by atoms with E-state index in [4.69, 9.17) is 17.3 Å². The molecule has 1 aliphatic rings. The molecule has 0 saturated heterocycles. The molecule has 2 N–H and O–H groups in total. The molecular weight excluding hydrogens is 278 g/mol. The molecule has 0 aromatic carbocycles. The Kier molecular flexibility index (Phi) is 3.65. The van der Waals surface area contributed by atoms with Gasteiger partial charge in [-0.25, -0.2) is 0 Å². The maximum atomic E-state index is 6.52. The zero-order valence-corrected chi connectivity index (χ0v) is 12.5. The Balaban J connectivity index is 1.97. The Morgan fingerprint density at radius 2 is 2.47 bits per heavy atom. The average molecular weight is 296 g/mol. The van der Waals surface area contributed by atoms with Gasteiger partial charge in [-0.1, -0.05) is 11.6 Å². The summed E-state index contributed by atoms with van der Waals surface area (Å²) in [4.78, 5) is 1.49. The van der Waals surface area contributed by atoms with Gasteiger partial charge in [-0.05, 0) is 43.2 Å². The highest BCUT2D eigenvalue weighted by Crippen LogP contribution is 2.42. The van der Waals surface area contributed by atoms with E-state index in [0.29, 0.717) is 10.9 Å². The third kappa shape index (κ3) is 2.22. The second-order valence-corrected chi connectivity index (χ2v) is 6.43. The van der Waals surface area contributed by atoms with Crippen LogP contribution in [0.15, 0.2) is 17.6 Å². The van der Waals surface area contributed by atoms with Crippen molar-refractivity contribution in [2.45, 2.75) is 44.7 Å². The van der Waals surface area contributed by atoms with Crippen molar-refractivity contribution in [3.63, 3.8) is 0 Å². The number of thiophene rings is 1. The van der Waals surface area contributed by atoms with E-state index in [-0.39, 0.29) is 6.04 Å². The highest BCUT2D eigenvalue weighted by Gasteiger charge is 2.30. The number of halogens is 1. The smallest absolute Gasteiger partial charge is 0.0834 e. The Morgan fingerprint density at radius 1 is 1.63 bits per heavy atom. The van der Waals surface area contributed by atoms with Crippen LogP contribution in [0.5, 0.6) is 0 Å². The topological polar surface area (TPSA) is 43.8 Å². The number of fused-ring (bicyclic) bond motifs is 1. The van der Waals surface area contributed by atoms with Crippen LogP contribution >= 0.6 is 22.9 Å². The first-order chi connectivity index (χ1) is 9.22. The lowest BCUT2D eigenvalue weighted by Crippen LogP contribution is -2.25. The van der Waals surface area contributed by atoms with Gasteiger partial charge in [0.25, 0.3) is 0 Å². The molecule has 3 rings (SSSR count). The SMILES string of the molecule is CCn1ncc(Cl)c1C(N)C1CCCc2sccc21. The van der Waals surface area contributed by atoms with Crippen molar-refractivity contribution in [2.24, 2.45) is 5.73 Å². The normalized spacial score (nSPS) is 20.3. The predicted molar refractivity (Wildman–Crippen MR) is 79.8 cm³/mol. The summed E-state index contributed by atoms with van der Waals surface area (Å²) in [5.41, 5.74) is 8.92. The summed E-state index contributed by atoms with van der Waals surface area (Å²) in [6.07, 6.45) is 5.24. The Morgan fingerprint density at radius 3 is 3.26 bits per heavy atom. The van der Waals surface area contributed by atoms with Crippen LogP contribution in [0.3, 0.4) is 0 Å². The van der Waals surface area contributed by atoms with Gasteiger partial charge in [0, 0.05) is 17.3 Å². The highest BCUT2D eigenvalue weighted by atomic mass is 35.5. The average Bonchev–Trinajstić information content (AvgIpc) is 3.03. The summed E-state index contributed by atoms with van der Waals surface area (Å²) in [5, 5.41) is 7.17. The van der Waals surface area contributed by atoms with Gasteiger partial charge >= 0.3 is 0 Å². The molecule has 0 radical (unpaired) electrons. The van der Waals surface area contributed by atoms with Crippen molar-refractivity contribution < 1.29 is 0 Å². The zero-order valence-electron chi connectivity index (χ0n) is 11.0. The van der Waals surface area contributed by atoms with Gasteiger partial charge in [-0.15, -0.1) is 11.3 Å². The first-order valence-electron chi connectivity index (χ1n) is 6.75. The van der Waals surface area contributed by atoms with E-state index >= 15 is 0 Å². The van der Waals surface area contributed by atoms with E-state index in [2.05, 4.69) is 23.5 Å². The molecule has 2 heterocycles. The third-order valence-corrected chi connectivity index (χ3v) is 5.27. The summed E-state index contributed by atoms with van der Waals surface area (Å²) < 4.78 is 1.92. The highest BCUT2D eigenvalue weighted by molar-refractivity contribution is 7.10. The first-order valence-corrected chi connectivity index (χ1v) is 8.01. The molecule has 3 nitrogen and oxygen atoms in total. The second kappa shape index (κ2) is 5.27. The van der Waals surface area contributed by atoms with E-state index in [1.165, 1.54) is 23.3 Å². The fraction of sp³-hybridized carbons (Fsp3) is 0.500. The van der Waals surface area contributed by atoms with E-state index in [0.717, 1.165) is 18.7 Å². The van der Waals surface area contributed by atoms with Gasteiger partial charge < -0.3 is 5.73 Å². The van der Waals surface area contributed by atoms with Gasteiger partial charge in [-0.3, -0.25) is 4.68 Å². The quantitative estimate of drug-likeness (QED) is 0.937. The molecule has 0 bridgehead atoms. The van der Waals surface area contributed by atoms with Crippen LogP contribution in [0.25, 0.3) is 0 Å². The molecule has 0 aliphatic heterocycles. The first kappa shape index (κ1) is 13.2. The second-order valence-electron chi connectivity index (χ2n) is 5.02. The van der Waals surface area contributed by atoms with Crippen molar-refractivity contribution in [1.82, 2.24) is 9.78 Å². The molecule has 0 fully saturated rings. The molecule has 2 aromatic heterocycles. The largest absolute Gasteiger partial charge is 0.322 e. The maximum Gasteiger partial charge on any atom is 0.0834 e. The minimum atomic E-state index is -0.0661. The summed E-state index contributed by atoms with van der Waals surface area (Å²) in [6.45, 7) is 2.87. The molecule has 0 amide bonds. The molecule has 1 aliphatic carbocycles.